The zero-order valence-corrected chi connectivity index (χ0v) is 18.3. The average Bonchev–Trinajstić information content (AvgIpc) is 3.40. The lowest BCUT2D eigenvalue weighted by atomic mass is 10.1. The van der Waals surface area contributed by atoms with Gasteiger partial charge in [0.25, 0.3) is 5.91 Å². The second kappa shape index (κ2) is 8.80. The van der Waals surface area contributed by atoms with E-state index in [4.69, 9.17) is 4.52 Å². The second-order valence-corrected chi connectivity index (χ2v) is 8.60. The molecule has 8 heteroatoms. The Morgan fingerprint density at radius 3 is 2.45 bits per heavy atom. The van der Waals surface area contributed by atoms with Gasteiger partial charge in [-0.25, -0.2) is 0 Å². The summed E-state index contributed by atoms with van der Waals surface area (Å²) in [7, 11) is 1.71. The normalized spacial score (nSPS) is 24.4. The molecule has 2 fully saturated rings. The third-order valence-corrected chi connectivity index (χ3v) is 6.66. The number of carbonyl (C=O) groups is 2. The van der Waals surface area contributed by atoms with Crippen LogP contribution in [0.2, 0.25) is 0 Å². The van der Waals surface area contributed by atoms with E-state index in [9.17, 15) is 14.7 Å². The molecule has 1 saturated heterocycles. The molecule has 0 spiro atoms. The predicted octanol–water partition coefficient (Wildman–Crippen LogP) is 1.78. The first-order valence-corrected chi connectivity index (χ1v) is 10.8. The highest BCUT2D eigenvalue weighted by Gasteiger charge is 2.42. The van der Waals surface area contributed by atoms with Crippen LogP contribution in [-0.2, 0) is 4.79 Å². The molecule has 2 aromatic rings. The van der Waals surface area contributed by atoms with Crippen LogP contribution < -0.4 is 0 Å². The lowest BCUT2D eigenvalue weighted by Gasteiger charge is -2.39. The van der Waals surface area contributed by atoms with Crippen LogP contribution in [0.25, 0.3) is 11.3 Å². The van der Waals surface area contributed by atoms with Gasteiger partial charge in [0.05, 0.1) is 12.1 Å². The number of amides is 2. The highest BCUT2D eigenvalue weighted by Crippen LogP contribution is 2.30. The van der Waals surface area contributed by atoms with Gasteiger partial charge in [0.2, 0.25) is 5.91 Å². The van der Waals surface area contributed by atoms with E-state index in [1.807, 2.05) is 36.1 Å². The molecule has 4 rings (SSSR count). The lowest BCUT2D eigenvalue weighted by Crippen LogP contribution is -2.55. The summed E-state index contributed by atoms with van der Waals surface area (Å²) in [6, 6.07) is 9.21. The summed E-state index contributed by atoms with van der Waals surface area (Å²) in [5.74, 6) is 0.380. The van der Waals surface area contributed by atoms with Crippen LogP contribution in [0.1, 0.15) is 35.8 Å². The van der Waals surface area contributed by atoms with Crippen LogP contribution in [0, 0.1) is 6.92 Å². The van der Waals surface area contributed by atoms with Gasteiger partial charge in [-0.1, -0.05) is 35.0 Å². The first-order valence-electron chi connectivity index (χ1n) is 10.8. The number of aromatic nitrogens is 1. The molecule has 2 aliphatic rings. The predicted molar refractivity (Wildman–Crippen MR) is 115 cm³/mol. The van der Waals surface area contributed by atoms with Crippen LogP contribution in [-0.4, -0.2) is 88.2 Å². The van der Waals surface area contributed by atoms with E-state index >= 15 is 0 Å². The van der Waals surface area contributed by atoms with E-state index in [2.05, 4.69) is 10.1 Å². The summed E-state index contributed by atoms with van der Waals surface area (Å²) in [6.45, 7) is 6.45. The molecule has 0 bridgehead atoms. The first-order chi connectivity index (χ1) is 14.8. The molecule has 1 aliphatic heterocycles. The van der Waals surface area contributed by atoms with Gasteiger partial charge in [0.15, 0.2) is 11.5 Å². The number of aliphatic hydroxyl groups excluding tert-OH is 1. The van der Waals surface area contributed by atoms with Crippen molar-refractivity contribution in [3.8, 4) is 11.3 Å². The van der Waals surface area contributed by atoms with Crippen LogP contribution in [0.4, 0.5) is 0 Å². The van der Waals surface area contributed by atoms with Gasteiger partial charge in [0.1, 0.15) is 0 Å². The fraction of sp³-hybridized carbons (Fsp3) is 0.522. The third kappa shape index (κ3) is 4.36. The molecule has 166 valence electrons. The molecule has 2 amide bonds. The molecule has 0 radical (unpaired) electrons. The summed E-state index contributed by atoms with van der Waals surface area (Å²) < 4.78 is 5.40. The number of nitrogens with zero attached hydrogens (tertiary/aromatic N) is 4. The Bertz CT molecular complexity index is 933. The zero-order valence-electron chi connectivity index (χ0n) is 18.3. The lowest BCUT2D eigenvalue weighted by molar-refractivity contribution is -0.131. The van der Waals surface area contributed by atoms with Crippen molar-refractivity contribution in [2.24, 2.45) is 0 Å². The van der Waals surface area contributed by atoms with Crippen molar-refractivity contribution >= 4 is 11.8 Å². The van der Waals surface area contributed by atoms with Crippen molar-refractivity contribution in [3.63, 3.8) is 0 Å². The zero-order chi connectivity index (χ0) is 22.1. The Labute approximate surface area is 182 Å². The van der Waals surface area contributed by atoms with E-state index < -0.39 is 6.10 Å². The second-order valence-electron chi connectivity index (χ2n) is 8.60. The van der Waals surface area contributed by atoms with Gasteiger partial charge in [-0.2, -0.15) is 0 Å². The van der Waals surface area contributed by atoms with Crippen LogP contribution in [0.5, 0.6) is 0 Å². The van der Waals surface area contributed by atoms with E-state index in [1.165, 1.54) is 0 Å². The van der Waals surface area contributed by atoms with Crippen LogP contribution >= 0.6 is 0 Å². The Hall–Kier alpha value is -2.71. The minimum atomic E-state index is -0.638. The van der Waals surface area contributed by atoms with Gasteiger partial charge in [-0.15, -0.1) is 0 Å². The molecule has 1 aliphatic carbocycles. The largest absolute Gasteiger partial charge is 0.389 e. The summed E-state index contributed by atoms with van der Waals surface area (Å²) in [5, 5.41) is 15.0. The summed E-state index contributed by atoms with van der Waals surface area (Å²) in [4.78, 5) is 30.2. The molecular weight excluding hydrogens is 396 g/mol. The molecule has 8 nitrogen and oxygen atoms in total. The minimum Gasteiger partial charge on any atom is -0.389 e. The van der Waals surface area contributed by atoms with Crippen molar-refractivity contribution in [1.82, 2.24) is 19.9 Å². The molecule has 0 unspecified atom stereocenters. The Kier molecular flexibility index (Phi) is 6.11. The molecule has 3 atom stereocenters. The number of carbonyl (C=O) groups excluding carboxylic acids is 2. The van der Waals surface area contributed by atoms with Crippen molar-refractivity contribution in [3.05, 3.63) is 41.6 Å². The van der Waals surface area contributed by atoms with Crippen molar-refractivity contribution < 1.29 is 19.2 Å². The van der Waals surface area contributed by atoms with Crippen LogP contribution in [0.3, 0.4) is 0 Å². The van der Waals surface area contributed by atoms with E-state index in [-0.39, 0.29) is 29.6 Å². The quantitative estimate of drug-likeness (QED) is 0.802. The smallest absolute Gasteiger partial charge is 0.276 e. The van der Waals surface area contributed by atoms with Crippen LogP contribution in [0.15, 0.2) is 34.9 Å². The number of hydrogen-bond acceptors (Lipinski definition) is 6. The number of rotatable bonds is 4. The monoisotopic (exact) mass is 426 g/mol. The van der Waals surface area contributed by atoms with Gasteiger partial charge in [-0.05, 0) is 19.8 Å². The SMILES string of the molecule is CC(=O)N1CCN([C@@H]2CC[C@@H](N(C)C(=O)c3cc(-c4ccc(C)cc4)on3)[C@H]2O)CC1. The third-order valence-electron chi connectivity index (χ3n) is 6.66. The molecule has 1 aromatic heterocycles. The Morgan fingerprint density at radius 1 is 1.13 bits per heavy atom. The molecule has 1 aromatic carbocycles. The molecular formula is C23H30N4O4. The number of piperazine rings is 1. The van der Waals surface area contributed by atoms with Gasteiger partial charge < -0.3 is 19.4 Å². The van der Waals surface area contributed by atoms with Crippen molar-refractivity contribution in [1.29, 1.82) is 0 Å². The van der Waals surface area contributed by atoms with Gasteiger partial charge >= 0.3 is 0 Å². The maximum absolute atomic E-state index is 13.0. The molecule has 2 heterocycles. The molecule has 1 saturated carbocycles. The number of aliphatic hydroxyl groups is 1. The summed E-state index contributed by atoms with van der Waals surface area (Å²) >= 11 is 0. The van der Waals surface area contributed by atoms with E-state index in [1.54, 1.807) is 24.9 Å². The maximum atomic E-state index is 13.0. The van der Waals surface area contributed by atoms with E-state index in [0.717, 1.165) is 37.1 Å². The maximum Gasteiger partial charge on any atom is 0.276 e. The fourth-order valence-corrected chi connectivity index (χ4v) is 4.69. The Morgan fingerprint density at radius 2 is 1.81 bits per heavy atom. The number of likely N-dealkylation sites (N-methyl/N-ethyl adjacent to an activating group) is 1. The van der Waals surface area contributed by atoms with Gasteiger partial charge in [-0.3, -0.25) is 14.5 Å². The van der Waals surface area contributed by atoms with Gasteiger partial charge in [0, 0.05) is 57.8 Å². The fourth-order valence-electron chi connectivity index (χ4n) is 4.69. The average molecular weight is 427 g/mol. The summed E-state index contributed by atoms with van der Waals surface area (Å²) in [5.41, 5.74) is 2.25. The minimum absolute atomic E-state index is 0.00483. The Balaban J connectivity index is 1.39. The highest BCUT2D eigenvalue weighted by molar-refractivity contribution is 5.93. The van der Waals surface area contributed by atoms with E-state index in [0.29, 0.717) is 18.8 Å². The van der Waals surface area contributed by atoms with Crippen molar-refractivity contribution in [2.75, 3.05) is 33.2 Å². The molecule has 1 N–H and O–H groups in total. The number of aryl methyl sites for hydroxylation is 1. The van der Waals surface area contributed by atoms with Crippen molar-refractivity contribution in [2.45, 2.75) is 44.9 Å². The number of benzene rings is 1. The number of hydrogen-bond donors (Lipinski definition) is 1. The molecule has 31 heavy (non-hydrogen) atoms. The first kappa shape index (κ1) is 21.5. The standard InChI is InChI=1S/C23H30N4O4/c1-15-4-6-17(7-5-15)21-14-18(24-31-21)23(30)25(3)19-8-9-20(22(19)29)27-12-10-26(11-13-27)16(2)28/h4-7,14,19-20,22,29H,8-13H2,1-3H3/t19-,20-,22-/m1/s1. The topological polar surface area (TPSA) is 90.1 Å². The highest BCUT2D eigenvalue weighted by atomic mass is 16.5. The summed E-state index contributed by atoms with van der Waals surface area (Å²) in [6.07, 6.45) is 0.905.